The van der Waals surface area contributed by atoms with Crippen molar-refractivity contribution in [3.8, 4) is 0 Å². The number of nitrogens with zero attached hydrogens (tertiary/aromatic N) is 2. The third-order valence-corrected chi connectivity index (χ3v) is 6.53. The minimum absolute atomic E-state index is 0.324. The first-order chi connectivity index (χ1) is 16.0. The van der Waals surface area contributed by atoms with Crippen molar-refractivity contribution < 1.29 is 9.53 Å². The molecule has 0 radical (unpaired) electrons. The Morgan fingerprint density at radius 2 is 1.85 bits per heavy atom. The zero-order valence-electron chi connectivity index (χ0n) is 20.6. The number of hydrogen-bond acceptors (Lipinski definition) is 4. The van der Waals surface area contributed by atoms with Crippen molar-refractivity contribution >= 4 is 17.4 Å². The Balaban J connectivity index is 1.69. The van der Waals surface area contributed by atoms with E-state index in [0.29, 0.717) is 6.42 Å². The van der Waals surface area contributed by atoms with Crippen LogP contribution in [0, 0.1) is 0 Å². The molecule has 180 valence electrons. The molecule has 1 aromatic carbocycles. The number of benzene rings is 1. The summed E-state index contributed by atoms with van der Waals surface area (Å²) in [7, 11) is 0. The molecule has 0 spiro atoms. The maximum atomic E-state index is 12.3. The van der Waals surface area contributed by atoms with Gasteiger partial charge in [0.25, 0.3) is 0 Å². The van der Waals surface area contributed by atoms with Crippen LogP contribution in [0.5, 0.6) is 0 Å². The van der Waals surface area contributed by atoms with Crippen molar-refractivity contribution in [2.75, 3.05) is 37.7 Å². The van der Waals surface area contributed by atoms with Gasteiger partial charge in [0.05, 0.1) is 13.2 Å². The summed E-state index contributed by atoms with van der Waals surface area (Å²) >= 11 is 0. The monoisotopic (exact) mass is 452 g/mol. The van der Waals surface area contributed by atoms with Gasteiger partial charge in [-0.15, -0.1) is 0 Å². The average molecular weight is 453 g/mol. The highest BCUT2D eigenvalue weighted by Crippen LogP contribution is 2.25. The Morgan fingerprint density at radius 3 is 2.48 bits per heavy atom. The van der Waals surface area contributed by atoms with Gasteiger partial charge < -0.3 is 20.7 Å². The standard InChI is InChI=1S/C27H40N4O2/c1-4-15-29-27-23(5-2)20(3)9-14-24(26(28)32)25(30-27)8-6-7-21-10-12-22(13-11-21)31-16-18-33-19-17-31/h10-13H,4-9,14-19H2,1-3H3,(H2,28,32)(H,29,30)/b23-20+,25-24+. The van der Waals surface area contributed by atoms with E-state index in [0.717, 1.165) is 88.5 Å². The first-order valence-electron chi connectivity index (χ1n) is 12.5. The summed E-state index contributed by atoms with van der Waals surface area (Å²) in [6, 6.07) is 8.85. The summed E-state index contributed by atoms with van der Waals surface area (Å²) in [6.45, 7) is 10.7. The second kappa shape index (κ2) is 12.6. The van der Waals surface area contributed by atoms with Crippen LogP contribution in [0.2, 0.25) is 0 Å². The number of carbonyl (C=O) groups is 1. The van der Waals surface area contributed by atoms with Crippen LogP contribution in [0.25, 0.3) is 0 Å². The van der Waals surface area contributed by atoms with Crippen LogP contribution in [0.1, 0.15) is 64.9 Å². The number of allylic oxidation sites excluding steroid dienone is 2. The van der Waals surface area contributed by atoms with Gasteiger partial charge in [-0.25, -0.2) is 0 Å². The Hall–Kier alpha value is -2.60. The zero-order chi connectivity index (χ0) is 23.6. The van der Waals surface area contributed by atoms with E-state index in [4.69, 9.17) is 15.5 Å². The van der Waals surface area contributed by atoms with Gasteiger partial charge >= 0.3 is 0 Å². The van der Waals surface area contributed by atoms with Crippen molar-refractivity contribution in [3.05, 3.63) is 52.2 Å². The Labute approximate surface area is 199 Å². The van der Waals surface area contributed by atoms with Crippen LogP contribution in [-0.2, 0) is 16.0 Å². The van der Waals surface area contributed by atoms with Gasteiger partial charge in [0.15, 0.2) is 0 Å². The molecule has 1 amide bonds. The van der Waals surface area contributed by atoms with E-state index >= 15 is 0 Å². The summed E-state index contributed by atoms with van der Waals surface area (Å²) in [5.41, 5.74) is 12.6. The van der Waals surface area contributed by atoms with Crippen LogP contribution >= 0.6 is 0 Å². The van der Waals surface area contributed by atoms with Crippen molar-refractivity contribution in [2.45, 2.75) is 65.7 Å². The molecular weight excluding hydrogens is 412 g/mol. The summed E-state index contributed by atoms with van der Waals surface area (Å²) in [4.78, 5) is 19.5. The van der Waals surface area contributed by atoms with Crippen molar-refractivity contribution in [2.24, 2.45) is 10.7 Å². The fourth-order valence-electron chi connectivity index (χ4n) is 4.59. The number of ether oxygens (including phenoxy) is 1. The zero-order valence-corrected chi connectivity index (χ0v) is 20.6. The molecule has 6 nitrogen and oxygen atoms in total. The highest BCUT2D eigenvalue weighted by Gasteiger charge is 2.20. The lowest BCUT2D eigenvalue weighted by atomic mass is 9.93. The van der Waals surface area contributed by atoms with Gasteiger partial charge in [-0.3, -0.25) is 9.79 Å². The molecule has 0 atom stereocenters. The summed E-state index contributed by atoms with van der Waals surface area (Å²) in [5.74, 6) is 0.593. The van der Waals surface area contributed by atoms with Crippen LogP contribution in [-0.4, -0.2) is 44.6 Å². The van der Waals surface area contributed by atoms with E-state index in [9.17, 15) is 4.79 Å². The highest BCUT2D eigenvalue weighted by molar-refractivity contribution is 6.02. The largest absolute Gasteiger partial charge is 0.378 e. The topological polar surface area (TPSA) is 79.9 Å². The van der Waals surface area contributed by atoms with Gasteiger partial charge in [0.1, 0.15) is 5.84 Å². The third kappa shape index (κ3) is 6.94. The van der Waals surface area contributed by atoms with Gasteiger partial charge in [-0.2, -0.15) is 0 Å². The van der Waals surface area contributed by atoms with E-state index in [1.165, 1.54) is 22.4 Å². The first-order valence-corrected chi connectivity index (χ1v) is 12.5. The molecule has 0 bridgehead atoms. The molecule has 1 fully saturated rings. The Kier molecular flexibility index (Phi) is 9.55. The van der Waals surface area contributed by atoms with Crippen LogP contribution in [0.3, 0.4) is 0 Å². The molecule has 6 heteroatoms. The number of aryl methyl sites for hydroxylation is 1. The molecule has 1 aromatic rings. The van der Waals surface area contributed by atoms with E-state index in [2.05, 4.69) is 55.3 Å². The minimum Gasteiger partial charge on any atom is -0.378 e. The number of nitrogens with two attached hydrogens (primary N) is 1. The average Bonchev–Trinajstić information content (AvgIpc) is 2.82. The van der Waals surface area contributed by atoms with Crippen LogP contribution in [0.4, 0.5) is 5.69 Å². The normalized spacial score (nSPS) is 23.2. The molecular formula is C27H40N4O2. The van der Waals surface area contributed by atoms with E-state index in [-0.39, 0.29) is 5.91 Å². The molecule has 2 heterocycles. The van der Waals surface area contributed by atoms with E-state index in [1.54, 1.807) is 0 Å². The van der Waals surface area contributed by atoms with Crippen molar-refractivity contribution in [3.63, 3.8) is 0 Å². The quantitative estimate of drug-likeness (QED) is 0.578. The molecule has 0 saturated carbocycles. The van der Waals surface area contributed by atoms with Crippen molar-refractivity contribution in [1.29, 1.82) is 0 Å². The fourth-order valence-corrected chi connectivity index (χ4v) is 4.59. The number of amidine groups is 1. The Morgan fingerprint density at radius 1 is 1.12 bits per heavy atom. The number of amides is 1. The minimum atomic E-state index is -0.324. The van der Waals surface area contributed by atoms with Crippen molar-refractivity contribution in [1.82, 2.24) is 5.32 Å². The number of rotatable bonds is 9. The second-order valence-corrected chi connectivity index (χ2v) is 8.91. The number of aliphatic imine (C=N–C) groups is 1. The number of hydrogen-bond donors (Lipinski definition) is 2. The number of anilines is 1. The van der Waals surface area contributed by atoms with E-state index in [1.807, 2.05) is 0 Å². The molecule has 2 aliphatic heterocycles. The van der Waals surface area contributed by atoms with Gasteiger partial charge in [-0.05, 0) is 75.1 Å². The van der Waals surface area contributed by atoms with E-state index < -0.39 is 0 Å². The first kappa shape index (κ1) is 25.0. The molecule has 0 unspecified atom stereocenters. The van der Waals surface area contributed by atoms with Gasteiger partial charge in [0.2, 0.25) is 5.91 Å². The summed E-state index contributed by atoms with van der Waals surface area (Å²) < 4.78 is 5.45. The number of morpholine rings is 1. The number of nitrogens with one attached hydrogen (secondary N) is 1. The lowest BCUT2D eigenvalue weighted by Crippen LogP contribution is -2.36. The second-order valence-electron chi connectivity index (χ2n) is 8.91. The molecule has 3 N–H and O–H groups in total. The lowest BCUT2D eigenvalue weighted by molar-refractivity contribution is -0.114. The third-order valence-electron chi connectivity index (χ3n) is 6.53. The molecule has 33 heavy (non-hydrogen) atoms. The Bertz CT molecular complexity index is 893. The van der Waals surface area contributed by atoms with Gasteiger partial charge in [-0.1, -0.05) is 31.6 Å². The maximum Gasteiger partial charge on any atom is 0.246 e. The van der Waals surface area contributed by atoms with Gasteiger partial charge in [0, 0.05) is 36.6 Å². The molecule has 3 rings (SSSR count). The lowest BCUT2D eigenvalue weighted by Gasteiger charge is -2.29. The number of carbonyl (C=O) groups excluding carboxylic acids is 1. The smallest absolute Gasteiger partial charge is 0.246 e. The molecule has 2 aliphatic rings. The summed E-state index contributed by atoms with van der Waals surface area (Å²) in [6.07, 6.45) is 6.13. The SMILES string of the molecule is CCCN=C1N/C(CCCc2ccc(N3CCOCC3)cc2)=C(/C(N)=O)CC/C(C)=C/1CC. The molecule has 1 saturated heterocycles. The predicted molar refractivity (Wildman–Crippen MR) is 137 cm³/mol. The summed E-state index contributed by atoms with van der Waals surface area (Å²) in [5, 5.41) is 3.54. The molecule has 0 aromatic heterocycles. The van der Waals surface area contributed by atoms with Crippen LogP contribution in [0.15, 0.2) is 51.7 Å². The fraction of sp³-hybridized carbons (Fsp3) is 0.556. The number of primary amides is 1. The maximum absolute atomic E-state index is 12.3. The molecule has 0 aliphatic carbocycles. The predicted octanol–water partition coefficient (Wildman–Crippen LogP) is 4.50. The highest BCUT2D eigenvalue weighted by atomic mass is 16.5. The van der Waals surface area contributed by atoms with Crippen LogP contribution < -0.4 is 16.0 Å².